The zero-order valence-corrected chi connectivity index (χ0v) is 17.6. The Morgan fingerprint density at radius 1 is 1.18 bits per heavy atom. The van der Waals surface area contributed by atoms with Crippen LogP contribution in [-0.4, -0.2) is 45.2 Å². The summed E-state index contributed by atoms with van der Waals surface area (Å²) in [6.07, 6.45) is 3.84. The molecule has 1 fully saturated rings. The number of anilines is 1. The van der Waals surface area contributed by atoms with Crippen molar-refractivity contribution >= 4 is 33.4 Å². The molecule has 2 aromatic carbocycles. The molecule has 0 radical (unpaired) electrons. The molecule has 2 aromatic rings. The van der Waals surface area contributed by atoms with E-state index in [-0.39, 0.29) is 10.8 Å². The van der Waals surface area contributed by atoms with Crippen molar-refractivity contribution in [2.45, 2.75) is 29.6 Å². The summed E-state index contributed by atoms with van der Waals surface area (Å²) in [4.78, 5) is 15.5. The molecular formula is C20H24N2O4S2. The van der Waals surface area contributed by atoms with Crippen LogP contribution in [0.4, 0.5) is 5.69 Å². The number of carbonyl (C=O) groups is 1. The van der Waals surface area contributed by atoms with Crippen LogP contribution in [0.15, 0.2) is 52.3 Å². The molecule has 0 aromatic heterocycles. The summed E-state index contributed by atoms with van der Waals surface area (Å²) in [5, 5.41) is 0. The van der Waals surface area contributed by atoms with E-state index in [1.54, 1.807) is 35.2 Å². The van der Waals surface area contributed by atoms with E-state index in [4.69, 9.17) is 4.74 Å². The van der Waals surface area contributed by atoms with Gasteiger partial charge in [0, 0.05) is 24.1 Å². The average Bonchev–Trinajstić information content (AvgIpc) is 3.22. The molecule has 1 amide bonds. The van der Waals surface area contributed by atoms with Gasteiger partial charge in [0.15, 0.2) is 0 Å². The molecule has 1 saturated heterocycles. The Hall–Kier alpha value is -2.19. The molecule has 0 saturated carbocycles. The van der Waals surface area contributed by atoms with Gasteiger partial charge in [0.2, 0.25) is 0 Å². The van der Waals surface area contributed by atoms with Crippen molar-refractivity contribution in [3.05, 3.63) is 48.0 Å². The zero-order valence-electron chi connectivity index (χ0n) is 16.0. The molecule has 0 bridgehead atoms. The van der Waals surface area contributed by atoms with Crippen molar-refractivity contribution in [2.24, 2.45) is 0 Å². The number of carbonyl (C=O) groups excluding carboxylic acids is 1. The quantitative estimate of drug-likeness (QED) is 0.689. The molecule has 1 aliphatic heterocycles. The number of sulfonamides is 1. The van der Waals surface area contributed by atoms with Crippen molar-refractivity contribution in [3.63, 3.8) is 0 Å². The molecule has 1 heterocycles. The standard InChI is InChI=1S/C20H24N2O4S2/c1-3-26-16-8-6-7-15(13-16)21-28(24,25)17-9-10-19(27-2)18(14-17)20(23)22-11-4-5-12-22/h6-10,13-14,21H,3-5,11-12H2,1-2H3. The second-order valence-electron chi connectivity index (χ2n) is 6.43. The van der Waals surface area contributed by atoms with Gasteiger partial charge in [-0.3, -0.25) is 9.52 Å². The maximum Gasteiger partial charge on any atom is 0.261 e. The van der Waals surface area contributed by atoms with Gasteiger partial charge < -0.3 is 9.64 Å². The predicted molar refractivity (Wildman–Crippen MR) is 112 cm³/mol. The Bertz CT molecular complexity index is 954. The topological polar surface area (TPSA) is 75.7 Å². The van der Waals surface area contributed by atoms with E-state index >= 15 is 0 Å². The van der Waals surface area contributed by atoms with Crippen molar-refractivity contribution in [3.8, 4) is 5.75 Å². The second-order valence-corrected chi connectivity index (χ2v) is 8.96. The van der Waals surface area contributed by atoms with Crippen LogP contribution in [0.2, 0.25) is 0 Å². The van der Waals surface area contributed by atoms with Gasteiger partial charge in [-0.2, -0.15) is 0 Å². The first-order chi connectivity index (χ1) is 13.4. The summed E-state index contributed by atoms with van der Waals surface area (Å²) in [6, 6.07) is 11.5. The molecular weight excluding hydrogens is 396 g/mol. The highest BCUT2D eigenvalue weighted by atomic mass is 32.2. The lowest BCUT2D eigenvalue weighted by Crippen LogP contribution is -2.28. The normalized spacial score (nSPS) is 14.1. The fourth-order valence-corrected chi connectivity index (χ4v) is 4.79. The Balaban J connectivity index is 1.90. The van der Waals surface area contributed by atoms with E-state index in [1.165, 1.54) is 23.9 Å². The first-order valence-corrected chi connectivity index (χ1v) is 11.9. The molecule has 3 rings (SSSR count). The molecule has 1 aliphatic rings. The van der Waals surface area contributed by atoms with Crippen LogP contribution in [0.25, 0.3) is 0 Å². The lowest BCUT2D eigenvalue weighted by atomic mass is 10.2. The molecule has 1 N–H and O–H groups in total. The second kappa shape index (κ2) is 8.87. The van der Waals surface area contributed by atoms with E-state index < -0.39 is 10.0 Å². The zero-order chi connectivity index (χ0) is 20.1. The van der Waals surface area contributed by atoms with Crippen LogP contribution < -0.4 is 9.46 Å². The molecule has 0 spiro atoms. The summed E-state index contributed by atoms with van der Waals surface area (Å²) in [5.74, 6) is 0.475. The lowest BCUT2D eigenvalue weighted by molar-refractivity contribution is 0.0789. The van der Waals surface area contributed by atoms with Crippen LogP contribution in [0, 0.1) is 0 Å². The first kappa shape index (κ1) is 20.5. The SMILES string of the molecule is CCOc1cccc(NS(=O)(=O)c2ccc(SC)c(C(=O)N3CCCC3)c2)c1. The van der Waals surface area contributed by atoms with Crippen molar-refractivity contribution in [1.29, 1.82) is 0 Å². The molecule has 0 unspecified atom stereocenters. The number of benzene rings is 2. The Kier molecular flexibility index (Phi) is 6.51. The molecule has 28 heavy (non-hydrogen) atoms. The highest BCUT2D eigenvalue weighted by Gasteiger charge is 2.24. The van der Waals surface area contributed by atoms with Gasteiger partial charge in [0.1, 0.15) is 5.75 Å². The third-order valence-electron chi connectivity index (χ3n) is 4.50. The van der Waals surface area contributed by atoms with Gasteiger partial charge in [0.25, 0.3) is 15.9 Å². The third kappa shape index (κ3) is 4.62. The maximum atomic E-state index is 12.9. The van der Waals surface area contributed by atoms with Crippen LogP contribution in [0.3, 0.4) is 0 Å². The number of ether oxygens (including phenoxy) is 1. The summed E-state index contributed by atoms with van der Waals surface area (Å²) >= 11 is 1.43. The minimum atomic E-state index is -3.84. The summed E-state index contributed by atoms with van der Waals surface area (Å²) in [6.45, 7) is 3.79. The summed E-state index contributed by atoms with van der Waals surface area (Å²) in [7, 11) is -3.84. The fraction of sp³-hybridized carbons (Fsp3) is 0.350. The largest absolute Gasteiger partial charge is 0.494 e. The van der Waals surface area contributed by atoms with Crippen molar-refractivity contribution in [1.82, 2.24) is 4.90 Å². The van der Waals surface area contributed by atoms with E-state index in [2.05, 4.69) is 4.72 Å². The first-order valence-electron chi connectivity index (χ1n) is 9.17. The number of nitrogens with one attached hydrogen (secondary N) is 1. The van der Waals surface area contributed by atoms with Crippen molar-refractivity contribution in [2.75, 3.05) is 30.7 Å². The Labute approximate surface area is 170 Å². The minimum absolute atomic E-state index is 0.0645. The molecule has 150 valence electrons. The Morgan fingerprint density at radius 2 is 1.93 bits per heavy atom. The Morgan fingerprint density at radius 3 is 2.61 bits per heavy atom. The van der Waals surface area contributed by atoms with E-state index in [1.807, 2.05) is 13.2 Å². The van der Waals surface area contributed by atoms with Crippen LogP contribution in [-0.2, 0) is 10.0 Å². The lowest BCUT2D eigenvalue weighted by Gasteiger charge is -2.18. The molecule has 0 atom stereocenters. The molecule has 0 aliphatic carbocycles. The molecule has 8 heteroatoms. The third-order valence-corrected chi connectivity index (χ3v) is 6.68. The number of hydrogen-bond donors (Lipinski definition) is 1. The van der Waals surface area contributed by atoms with E-state index in [9.17, 15) is 13.2 Å². The number of nitrogens with zero attached hydrogens (tertiary/aromatic N) is 1. The van der Waals surface area contributed by atoms with Crippen LogP contribution in [0.1, 0.15) is 30.1 Å². The highest BCUT2D eigenvalue weighted by molar-refractivity contribution is 7.98. The van der Waals surface area contributed by atoms with Crippen molar-refractivity contribution < 1.29 is 17.9 Å². The maximum absolute atomic E-state index is 12.9. The summed E-state index contributed by atoms with van der Waals surface area (Å²) < 4.78 is 33.7. The number of rotatable bonds is 7. The monoisotopic (exact) mass is 420 g/mol. The van der Waals surface area contributed by atoms with E-state index in [0.717, 1.165) is 17.7 Å². The minimum Gasteiger partial charge on any atom is -0.494 e. The number of hydrogen-bond acceptors (Lipinski definition) is 5. The average molecular weight is 421 g/mol. The summed E-state index contributed by atoms with van der Waals surface area (Å²) in [5.41, 5.74) is 0.840. The van der Waals surface area contributed by atoms with Gasteiger partial charge >= 0.3 is 0 Å². The van der Waals surface area contributed by atoms with Gasteiger partial charge in [-0.25, -0.2) is 8.42 Å². The highest BCUT2D eigenvalue weighted by Crippen LogP contribution is 2.28. The van der Waals surface area contributed by atoms with E-state index in [0.29, 0.717) is 36.7 Å². The van der Waals surface area contributed by atoms with Gasteiger partial charge in [-0.15, -0.1) is 11.8 Å². The van der Waals surface area contributed by atoms with Crippen LogP contribution >= 0.6 is 11.8 Å². The smallest absolute Gasteiger partial charge is 0.261 e. The number of likely N-dealkylation sites (tertiary alicyclic amines) is 1. The van der Waals surface area contributed by atoms with Crippen LogP contribution in [0.5, 0.6) is 5.75 Å². The number of amides is 1. The fourth-order valence-electron chi connectivity index (χ4n) is 3.14. The van der Waals surface area contributed by atoms with Gasteiger partial charge in [-0.1, -0.05) is 6.07 Å². The van der Waals surface area contributed by atoms with Gasteiger partial charge in [-0.05, 0) is 56.4 Å². The molecule has 6 nitrogen and oxygen atoms in total. The number of thioether (sulfide) groups is 1. The van der Waals surface area contributed by atoms with Gasteiger partial charge in [0.05, 0.1) is 22.8 Å². The predicted octanol–water partition coefficient (Wildman–Crippen LogP) is 3.84.